The van der Waals surface area contributed by atoms with E-state index in [9.17, 15) is 19.8 Å². The van der Waals surface area contributed by atoms with E-state index in [-0.39, 0.29) is 25.9 Å². The van der Waals surface area contributed by atoms with Crippen LogP contribution in [0.4, 0.5) is 4.79 Å². The van der Waals surface area contributed by atoms with Crippen molar-refractivity contribution < 1.29 is 24.5 Å². The zero-order valence-corrected chi connectivity index (χ0v) is 12.9. The maximum absolute atomic E-state index is 11.9. The Balaban J connectivity index is 2.76. The quantitative estimate of drug-likeness (QED) is 0.809. The first-order valence-corrected chi connectivity index (χ1v) is 6.83. The van der Waals surface area contributed by atoms with Crippen LogP contribution in [0.25, 0.3) is 0 Å². The fraction of sp³-hybridized carbons (Fsp3) is 0.857. The van der Waals surface area contributed by atoms with Gasteiger partial charge < -0.3 is 19.8 Å². The van der Waals surface area contributed by atoms with Crippen molar-refractivity contribution in [1.29, 1.82) is 0 Å². The van der Waals surface area contributed by atoms with Crippen LogP contribution >= 0.6 is 0 Å². The molecule has 1 aliphatic rings. The van der Waals surface area contributed by atoms with Gasteiger partial charge in [0, 0.05) is 13.1 Å². The third kappa shape index (κ3) is 3.42. The van der Waals surface area contributed by atoms with Gasteiger partial charge in [-0.2, -0.15) is 0 Å². The van der Waals surface area contributed by atoms with Crippen molar-refractivity contribution in [3.05, 3.63) is 0 Å². The predicted molar refractivity (Wildman–Crippen MR) is 73.4 cm³/mol. The highest BCUT2D eigenvalue weighted by atomic mass is 16.6. The van der Waals surface area contributed by atoms with Crippen LogP contribution in [0.15, 0.2) is 0 Å². The molecule has 1 heterocycles. The van der Waals surface area contributed by atoms with Crippen LogP contribution in [0.1, 0.15) is 47.5 Å². The number of likely N-dealkylation sites (tertiary alicyclic amines) is 1. The lowest BCUT2D eigenvalue weighted by Crippen LogP contribution is -2.56. The Morgan fingerprint density at radius 3 is 1.85 bits per heavy atom. The molecule has 20 heavy (non-hydrogen) atoms. The molecule has 116 valence electrons. The van der Waals surface area contributed by atoms with Gasteiger partial charge >= 0.3 is 12.1 Å². The van der Waals surface area contributed by atoms with Crippen LogP contribution in [0.5, 0.6) is 0 Å². The summed E-state index contributed by atoms with van der Waals surface area (Å²) in [6.45, 7) is 8.90. The second-order valence-electron chi connectivity index (χ2n) is 6.91. The lowest BCUT2D eigenvalue weighted by molar-refractivity contribution is -0.171. The number of carbonyl (C=O) groups is 2. The maximum Gasteiger partial charge on any atom is 0.410 e. The van der Waals surface area contributed by atoms with E-state index in [0.29, 0.717) is 0 Å². The van der Waals surface area contributed by atoms with Crippen molar-refractivity contribution in [3.8, 4) is 0 Å². The summed E-state index contributed by atoms with van der Waals surface area (Å²) >= 11 is 0. The minimum Gasteiger partial charge on any atom is -0.481 e. The highest BCUT2D eigenvalue weighted by Gasteiger charge is 2.52. The van der Waals surface area contributed by atoms with Gasteiger partial charge in [-0.1, -0.05) is 0 Å². The minimum atomic E-state index is -1.33. The molecule has 1 aliphatic heterocycles. The Morgan fingerprint density at radius 1 is 1.10 bits per heavy atom. The maximum atomic E-state index is 11.9. The second-order valence-corrected chi connectivity index (χ2v) is 6.91. The first-order chi connectivity index (χ1) is 8.89. The van der Waals surface area contributed by atoms with Crippen LogP contribution in [-0.2, 0) is 9.53 Å². The van der Waals surface area contributed by atoms with Crippen molar-refractivity contribution in [2.75, 3.05) is 13.1 Å². The highest BCUT2D eigenvalue weighted by Crippen LogP contribution is 2.41. The summed E-state index contributed by atoms with van der Waals surface area (Å²) in [5, 5.41) is 19.6. The number of carboxylic acids is 1. The summed E-state index contributed by atoms with van der Waals surface area (Å²) in [7, 11) is 0. The van der Waals surface area contributed by atoms with Crippen LogP contribution < -0.4 is 0 Å². The van der Waals surface area contributed by atoms with E-state index in [4.69, 9.17) is 4.74 Å². The highest BCUT2D eigenvalue weighted by molar-refractivity contribution is 5.77. The largest absolute Gasteiger partial charge is 0.481 e. The number of ether oxygens (including phenoxy) is 1. The van der Waals surface area contributed by atoms with Gasteiger partial charge in [0.2, 0.25) is 0 Å². The molecule has 2 N–H and O–H groups in total. The average molecular weight is 287 g/mol. The summed E-state index contributed by atoms with van der Waals surface area (Å²) in [6, 6.07) is 0. The van der Waals surface area contributed by atoms with Crippen molar-refractivity contribution in [3.63, 3.8) is 0 Å². The minimum absolute atomic E-state index is 0.213. The summed E-state index contributed by atoms with van der Waals surface area (Å²) in [6.07, 6.45) is -0.0110. The number of hydrogen-bond donors (Lipinski definition) is 2. The SMILES string of the molecule is CC(C)(C)OC(=O)N1CCC(C(=O)O)(C(C)(C)O)CC1. The van der Waals surface area contributed by atoms with E-state index in [1.807, 2.05) is 0 Å². The van der Waals surface area contributed by atoms with Crippen LogP contribution in [0.2, 0.25) is 0 Å². The molecule has 1 amide bonds. The second kappa shape index (κ2) is 5.24. The van der Waals surface area contributed by atoms with Gasteiger partial charge in [-0.25, -0.2) is 4.79 Å². The molecular weight excluding hydrogens is 262 g/mol. The molecule has 0 spiro atoms. The van der Waals surface area contributed by atoms with Crippen molar-refractivity contribution in [2.45, 2.75) is 58.7 Å². The van der Waals surface area contributed by atoms with Gasteiger partial charge in [-0.15, -0.1) is 0 Å². The summed E-state index contributed by atoms with van der Waals surface area (Å²) in [5.74, 6) is -1.02. The lowest BCUT2D eigenvalue weighted by Gasteiger charge is -2.45. The fourth-order valence-electron chi connectivity index (χ4n) is 2.48. The zero-order chi connectivity index (χ0) is 15.8. The number of amides is 1. The molecule has 6 nitrogen and oxygen atoms in total. The van der Waals surface area contributed by atoms with E-state index < -0.39 is 28.7 Å². The number of nitrogens with zero attached hydrogens (tertiary/aromatic N) is 1. The molecule has 1 saturated heterocycles. The third-order valence-electron chi connectivity index (χ3n) is 3.85. The summed E-state index contributed by atoms with van der Waals surface area (Å²) < 4.78 is 5.27. The Morgan fingerprint density at radius 2 is 1.55 bits per heavy atom. The van der Waals surface area contributed by atoms with Crippen LogP contribution in [0, 0.1) is 5.41 Å². The molecule has 1 fully saturated rings. The van der Waals surface area contributed by atoms with E-state index in [1.54, 1.807) is 20.8 Å². The van der Waals surface area contributed by atoms with Gasteiger partial charge in [-0.3, -0.25) is 4.79 Å². The topological polar surface area (TPSA) is 87.1 Å². The van der Waals surface area contributed by atoms with Crippen LogP contribution in [-0.4, -0.2) is 51.5 Å². The molecule has 6 heteroatoms. The Hall–Kier alpha value is -1.30. The molecule has 1 rings (SSSR count). The average Bonchev–Trinajstić information content (AvgIpc) is 2.25. The number of carbonyl (C=O) groups excluding carboxylic acids is 1. The Kier molecular flexibility index (Phi) is 4.39. The first kappa shape index (κ1) is 16.8. The number of aliphatic carboxylic acids is 1. The van der Waals surface area contributed by atoms with Gasteiger partial charge in [0.05, 0.1) is 11.0 Å². The summed E-state index contributed by atoms with van der Waals surface area (Å²) in [5.41, 5.74) is -3.13. The van der Waals surface area contributed by atoms with Gasteiger partial charge in [0.25, 0.3) is 0 Å². The van der Waals surface area contributed by atoms with Gasteiger partial charge in [0.1, 0.15) is 5.60 Å². The van der Waals surface area contributed by atoms with E-state index in [1.165, 1.54) is 18.7 Å². The van der Waals surface area contributed by atoms with E-state index in [0.717, 1.165) is 0 Å². The van der Waals surface area contributed by atoms with Gasteiger partial charge in [-0.05, 0) is 47.5 Å². The molecule has 0 aromatic carbocycles. The molecule has 0 radical (unpaired) electrons. The third-order valence-corrected chi connectivity index (χ3v) is 3.85. The van der Waals surface area contributed by atoms with E-state index in [2.05, 4.69) is 0 Å². The van der Waals surface area contributed by atoms with Crippen molar-refractivity contribution in [2.24, 2.45) is 5.41 Å². The zero-order valence-electron chi connectivity index (χ0n) is 12.9. The molecule has 0 aromatic rings. The molecule has 0 unspecified atom stereocenters. The predicted octanol–water partition coefficient (Wildman–Crippen LogP) is 1.86. The number of carboxylic acid groups (broad SMARTS) is 1. The number of piperidine rings is 1. The molecule has 0 saturated carbocycles. The Bertz CT molecular complexity index is 383. The van der Waals surface area contributed by atoms with E-state index >= 15 is 0 Å². The smallest absolute Gasteiger partial charge is 0.410 e. The normalized spacial score (nSPS) is 19.6. The molecule has 0 atom stereocenters. The number of aliphatic hydroxyl groups is 1. The van der Waals surface area contributed by atoms with Gasteiger partial charge in [0.15, 0.2) is 0 Å². The molecular formula is C14H25NO5. The number of hydrogen-bond acceptors (Lipinski definition) is 4. The molecule has 0 aromatic heterocycles. The summed E-state index contributed by atoms with van der Waals surface area (Å²) in [4.78, 5) is 25.0. The first-order valence-electron chi connectivity index (χ1n) is 6.83. The molecule has 0 bridgehead atoms. The Labute approximate surface area is 119 Å². The lowest BCUT2D eigenvalue weighted by atomic mass is 9.67. The fourth-order valence-corrected chi connectivity index (χ4v) is 2.48. The standard InChI is InChI=1S/C14H25NO5/c1-12(2,3)20-11(18)15-8-6-14(7-9-15,10(16)17)13(4,5)19/h19H,6-9H2,1-5H3,(H,16,17). The van der Waals surface area contributed by atoms with Crippen LogP contribution in [0.3, 0.4) is 0 Å². The monoisotopic (exact) mass is 287 g/mol. The number of rotatable bonds is 2. The molecule has 0 aliphatic carbocycles. The van der Waals surface area contributed by atoms with Crippen molar-refractivity contribution >= 4 is 12.1 Å². The van der Waals surface area contributed by atoms with Crippen molar-refractivity contribution in [1.82, 2.24) is 4.90 Å².